The molecule has 2 N–H and O–H groups in total. The fraction of sp³-hybridized carbons (Fsp3) is 0.167. The Balaban J connectivity index is 1.64. The number of rotatable bonds is 2. The highest BCUT2D eigenvalue weighted by atomic mass is 16.1. The van der Waals surface area contributed by atoms with Gasteiger partial charge in [-0.2, -0.15) is 0 Å². The number of benzene rings is 2. The Morgan fingerprint density at radius 1 is 1.10 bits per heavy atom. The molecule has 2 aromatic carbocycles. The van der Waals surface area contributed by atoms with E-state index in [0.29, 0.717) is 0 Å². The summed E-state index contributed by atoms with van der Waals surface area (Å²) in [6.45, 7) is 0. The van der Waals surface area contributed by atoms with Gasteiger partial charge in [0.1, 0.15) is 0 Å². The molecule has 1 unspecified atom stereocenters. The third-order valence-electron chi connectivity index (χ3n) is 4.28. The van der Waals surface area contributed by atoms with Gasteiger partial charge in [-0.05, 0) is 42.2 Å². The molecular weight excluding hydrogens is 260 g/mol. The number of fused-ring (bicyclic) bond motifs is 2. The lowest BCUT2D eigenvalue weighted by atomic mass is 10.1. The van der Waals surface area contributed by atoms with Crippen molar-refractivity contribution in [2.24, 2.45) is 0 Å². The monoisotopic (exact) mass is 276 g/mol. The molecular formula is C18H16N2O. The van der Waals surface area contributed by atoms with Crippen molar-refractivity contribution in [3.05, 3.63) is 71.4 Å². The molecule has 0 aliphatic heterocycles. The second kappa shape index (κ2) is 4.77. The molecule has 0 saturated carbocycles. The minimum Gasteiger partial charge on any atom is -0.361 e. The molecule has 0 bridgehead atoms. The second-order valence-corrected chi connectivity index (χ2v) is 5.51. The number of nitrogens with one attached hydrogen (secondary N) is 2. The van der Waals surface area contributed by atoms with Crippen molar-refractivity contribution in [1.82, 2.24) is 10.3 Å². The van der Waals surface area contributed by atoms with Crippen LogP contribution < -0.4 is 5.32 Å². The van der Waals surface area contributed by atoms with Crippen molar-refractivity contribution in [2.75, 3.05) is 0 Å². The second-order valence-electron chi connectivity index (χ2n) is 5.51. The van der Waals surface area contributed by atoms with E-state index in [4.69, 9.17) is 0 Å². The summed E-state index contributed by atoms with van der Waals surface area (Å²) < 4.78 is 0. The molecule has 0 radical (unpaired) electrons. The van der Waals surface area contributed by atoms with Crippen LogP contribution in [0.2, 0.25) is 0 Å². The maximum absolute atomic E-state index is 12.6. The predicted octanol–water partition coefficient (Wildman–Crippen LogP) is 3.59. The molecule has 21 heavy (non-hydrogen) atoms. The maximum atomic E-state index is 12.6. The zero-order chi connectivity index (χ0) is 14.2. The largest absolute Gasteiger partial charge is 0.361 e. The lowest BCUT2D eigenvalue weighted by Gasteiger charge is -2.14. The number of amides is 1. The van der Waals surface area contributed by atoms with Gasteiger partial charge in [0, 0.05) is 22.7 Å². The average Bonchev–Trinajstić information content (AvgIpc) is 3.14. The Morgan fingerprint density at radius 3 is 2.95 bits per heavy atom. The van der Waals surface area contributed by atoms with Crippen LogP contribution in [-0.4, -0.2) is 10.9 Å². The minimum atomic E-state index is 0.00176. The van der Waals surface area contributed by atoms with Crippen molar-refractivity contribution >= 4 is 16.8 Å². The molecule has 3 aromatic rings. The third kappa shape index (κ3) is 2.02. The van der Waals surface area contributed by atoms with E-state index in [-0.39, 0.29) is 11.9 Å². The molecule has 1 atom stereocenters. The number of aryl methyl sites for hydroxylation is 1. The summed E-state index contributed by atoms with van der Waals surface area (Å²) in [7, 11) is 0. The SMILES string of the molecule is O=C(NC1CCc2ccccc21)c1cccc2[nH]ccc12. The van der Waals surface area contributed by atoms with Gasteiger partial charge in [0.25, 0.3) is 5.91 Å². The van der Waals surface area contributed by atoms with Gasteiger partial charge in [-0.15, -0.1) is 0 Å². The average molecular weight is 276 g/mol. The highest BCUT2D eigenvalue weighted by Gasteiger charge is 2.24. The minimum absolute atomic E-state index is 0.00176. The Labute approximate surface area is 123 Å². The normalized spacial score (nSPS) is 16.9. The van der Waals surface area contributed by atoms with Crippen molar-refractivity contribution in [3.63, 3.8) is 0 Å². The van der Waals surface area contributed by atoms with Crippen LogP contribution in [-0.2, 0) is 6.42 Å². The van der Waals surface area contributed by atoms with Crippen LogP contribution >= 0.6 is 0 Å². The summed E-state index contributed by atoms with van der Waals surface area (Å²) in [5, 5.41) is 4.15. The first-order chi connectivity index (χ1) is 10.3. The highest BCUT2D eigenvalue weighted by Crippen LogP contribution is 2.31. The summed E-state index contributed by atoms with van der Waals surface area (Å²) in [6.07, 6.45) is 3.88. The summed E-state index contributed by atoms with van der Waals surface area (Å²) in [5.74, 6) is 0.00176. The molecule has 1 amide bonds. The lowest BCUT2D eigenvalue weighted by Crippen LogP contribution is -2.27. The van der Waals surface area contributed by atoms with Gasteiger partial charge in [0.05, 0.1) is 6.04 Å². The molecule has 1 aliphatic rings. The zero-order valence-corrected chi connectivity index (χ0v) is 11.6. The van der Waals surface area contributed by atoms with Crippen molar-refractivity contribution in [1.29, 1.82) is 0 Å². The molecule has 1 heterocycles. The fourth-order valence-electron chi connectivity index (χ4n) is 3.23. The molecule has 4 rings (SSSR count). The van der Waals surface area contributed by atoms with E-state index in [9.17, 15) is 4.79 Å². The van der Waals surface area contributed by atoms with E-state index in [0.717, 1.165) is 29.3 Å². The topological polar surface area (TPSA) is 44.9 Å². The first kappa shape index (κ1) is 12.2. The van der Waals surface area contributed by atoms with Gasteiger partial charge in [0.15, 0.2) is 0 Å². The van der Waals surface area contributed by atoms with Crippen LogP contribution in [0.4, 0.5) is 0 Å². The Kier molecular flexibility index (Phi) is 2.78. The predicted molar refractivity (Wildman–Crippen MR) is 83.3 cm³/mol. The lowest BCUT2D eigenvalue weighted by molar-refractivity contribution is 0.0938. The maximum Gasteiger partial charge on any atom is 0.252 e. The molecule has 3 heteroatoms. The molecule has 1 aliphatic carbocycles. The van der Waals surface area contributed by atoms with Gasteiger partial charge < -0.3 is 10.3 Å². The number of hydrogen-bond acceptors (Lipinski definition) is 1. The molecule has 0 saturated heterocycles. The molecule has 0 spiro atoms. The van der Waals surface area contributed by atoms with Crippen molar-refractivity contribution in [2.45, 2.75) is 18.9 Å². The van der Waals surface area contributed by atoms with Gasteiger partial charge in [-0.3, -0.25) is 4.79 Å². The Morgan fingerprint density at radius 2 is 2.00 bits per heavy atom. The van der Waals surface area contributed by atoms with E-state index in [2.05, 4.69) is 28.5 Å². The van der Waals surface area contributed by atoms with Gasteiger partial charge >= 0.3 is 0 Å². The van der Waals surface area contributed by atoms with E-state index in [1.165, 1.54) is 11.1 Å². The Bertz CT molecular complexity index is 819. The van der Waals surface area contributed by atoms with Crippen LogP contribution in [0.15, 0.2) is 54.7 Å². The molecule has 0 fully saturated rings. The number of carbonyl (C=O) groups is 1. The number of hydrogen-bond donors (Lipinski definition) is 2. The van der Waals surface area contributed by atoms with Crippen LogP contribution in [0.5, 0.6) is 0 Å². The molecule has 1 aromatic heterocycles. The number of aromatic nitrogens is 1. The quantitative estimate of drug-likeness (QED) is 0.738. The van der Waals surface area contributed by atoms with Crippen LogP contribution in [0, 0.1) is 0 Å². The smallest absolute Gasteiger partial charge is 0.252 e. The van der Waals surface area contributed by atoms with E-state index >= 15 is 0 Å². The summed E-state index contributed by atoms with van der Waals surface area (Å²) >= 11 is 0. The summed E-state index contributed by atoms with van der Waals surface area (Å²) in [6, 6.07) is 16.2. The van der Waals surface area contributed by atoms with E-state index in [1.807, 2.05) is 36.5 Å². The van der Waals surface area contributed by atoms with Crippen LogP contribution in [0.25, 0.3) is 10.9 Å². The number of carbonyl (C=O) groups excluding carboxylic acids is 1. The van der Waals surface area contributed by atoms with Crippen molar-refractivity contribution in [3.8, 4) is 0 Å². The Hall–Kier alpha value is -2.55. The van der Waals surface area contributed by atoms with Crippen LogP contribution in [0.1, 0.15) is 33.9 Å². The summed E-state index contributed by atoms with van der Waals surface area (Å²) in [5.41, 5.74) is 4.34. The molecule has 3 nitrogen and oxygen atoms in total. The highest BCUT2D eigenvalue weighted by molar-refractivity contribution is 6.06. The van der Waals surface area contributed by atoms with E-state index in [1.54, 1.807) is 0 Å². The van der Waals surface area contributed by atoms with Crippen molar-refractivity contribution < 1.29 is 4.79 Å². The first-order valence-corrected chi connectivity index (χ1v) is 7.28. The summed E-state index contributed by atoms with van der Waals surface area (Å²) in [4.78, 5) is 15.7. The van der Waals surface area contributed by atoms with Crippen LogP contribution in [0.3, 0.4) is 0 Å². The number of aromatic amines is 1. The standard InChI is InChI=1S/C18H16N2O/c21-18(15-6-3-7-16-14(15)10-11-19-16)20-17-9-8-12-4-1-2-5-13(12)17/h1-7,10-11,17,19H,8-9H2,(H,20,21). The zero-order valence-electron chi connectivity index (χ0n) is 11.6. The molecule has 104 valence electrons. The third-order valence-corrected chi connectivity index (χ3v) is 4.28. The van der Waals surface area contributed by atoms with Gasteiger partial charge in [-0.25, -0.2) is 0 Å². The van der Waals surface area contributed by atoms with Gasteiger partial charge in [-0.1, -0.05) is 30.3 Å². The number of H-pyrrole nitrogens is 1. The van der Waals surface area contributed by atoms with Gasteiger partial charge in [0.2, 0.25) is 0 Å². The fourth-order valence-corrected chi connectivity index (χ4v) is 3.23. The first-order valence-electron chi connectivity index (χ1n) is 7.28. The van der Waals surface area contributed by atoms with E-state index < -0.39 is 0 Å².